The van der Waals surface area contributed by atoms with Gasteiger partial charge in [0.05, 0.1) is 0 Å². The Morgan fingerprint density at radius 2 is 2.23 bits per heavy atom. The molecule has 2 rings (SSSR count). The Kier molecular flexibility index (Phi) is 2.00. The summed E-state index contributed by atoms with van der Waals surface area (Å²) in [5.41, 5.74) is 2.08. The van der Waals surface area contributed by atoms with E-state index >= 15 is 0 Å². The van der Waals surface area contributed by atoms with Crippen LogP contribution in [0, 0.1) is 10.1 Å². The van der Waals surface area contributed by atoms with E-state index in [1.54, 1.807) is 0 Å². The van der Waals surface area contributed by atoms with E-state index in [1.165, 1.54) is 18.4 Å². The van der Waals surface area contributed by atoms with Crippen molar-refractivity contribution in [1.29, 1.82) is 0 Å². The molecule has 68 valence electrons. The molecule has 13 heavy (non-hydrogen) atoms. The van der Waals surface area contributed by atoms with Gasteiger partial charge in [-0.1, -0.05) is 18.2 Å². The first kappa shape index (κ1) is 8.23. The van der Waals surface area contributed by atoms with Gasteiger partial charge in [-0.3, -0.25) is 10.1 Å². The van der Waals surface area contributed by atoms with E-state index in [4.69, 9.17) is 0 Å². The van der Waals surface area contributed by atoms with E-state index in [0.717, 1.165) is 5.56 Å². The minimum absolute atomic E-state index is 0.0550. The Morgan fingerprint density at radius 3 is 2.85 bits per heavy atom. The lowest BCUT2D eigenvalue weighted by molar-refractivity contribution is -0.496. The number of rotatable bonds is 3. The van der Waals surface area contributed by atoms with Crippen molar-refractivity contribution in [3.05, 3.63) is 45.5 Å². The molecule has 0 aromatic heterocycles. The zero-order valence-corrected chi connectivity index (χ0v) is 7.27. The molecule has 0 unspecified atom stereocenters. The molecule has 3 nitrogen and oxygen atoms in total. The van der Waals surface area contributed by atoms with Gasteiger partial charge < -0.3 is 0 Å². The van der Waals surface area contributed by atoms with Crippen LogP contribution in [0.25, 0.3) is 0 Å². The summed E-state index contributed by atoms with van der Waals surface area (Å²) in [7, 11) is 0. The van der Waals surface area contributed by atoms with Gasteiger partial charge >= 0.3 is 0 Å². The highest BCUT2D eigenvalue weighted by molar-refractivity contribution is 5.28. The molecule has 0 heterocycles. The second-order valence-electron chi connectivity index (χ2n) is 3.51. The van der Waals surface area contributed by atoms with Crippen molar-refractivity contribution in [1.82, 2.24) is 0 Å². The second kappa shape index (κ2) is 3.17. The Balaban J connectivity index is 2.16. The van der Waals surface area contributed by atoms with Gasteiger partial charge in [-0.25, -0.2) is 0 Å². The van der Waals surface area contributed by atoms with Gasteiger partial charge in [0.25, 0.3) is 0 Å². The fourth-order valence-electron chi connectivity index (χ4n) is 1.51. The summed E-state index contributed by atoms with van der Waals surface area (Å²) in [4.78, 5) is 9.99. The molecular formula is C10H11NO2. The maximum Gasteiger partial charge on any atom is 0.228 e. The molecule has 0 N–H and O–H groups in total. The number of nitrogens with zero attached hydrogens (tertiary/aromatic N) is 1. The van der Waals surface area contributed by atoms with Crippen LogP contribution in [-0.4, -0.2) is 4.92 Å². The average Bonchev–Trinajstić information content (AvgIpc) is 2.85. The summed E-state index contributed by atoms with van der Waals surface area (Å²) in [6.45, 7) is -0.0550. The van der Waals surface area contributed by atoms with E-state index in [1.807, 2.05) is 18.2 Å². The highest BCUT2D eigenvalue weighted by Crippen LogP contribution is 2.40. The molecule has 1 aliphatic carbocycles. The first-order valence-corrected chi connectivity index (χ1v) is 4.46. The van der Waals surface area contributed by atoms with E-state index < -0.39 is 0 Å². The molecule has 0 atom stereocenters. The van der Waals surface area contributed by atoms with Crippen molar-refractivity contribution in [3.8, 4) is 0 Å². The van der Waals surface area contributed by atoms with Crippen molar-refractivity contribution < 1.29 is 4.92 Å². The standard InChI is InChI=1S/C10H11NO2/c12-11(13)7-8-2-1-3-10(6-8)9-4-5-9/h1-3,6,9H,4-5,7H2. The highest BCUT2D eigenvalue weighted by Gasteiger charge is 2.23. The van der Waals surface area contributed by atoms with Crippen molar-refractivity contribution in [2.24, 2.45) is 0 Å². The normalized spacial score (nSPS) is 15.7. The average molecular weight is 177 g/mol. The monoisotopic (exact) mass is 177 g/mol. The molecule has 1 aromatic carbocycles. The quantitative estimate of drug-likeness (QED) is 0.525. The van der Waals surface area contributed by atoms with Crippen molar-refractivity contribution in [2.45, 2.75) is 25.3 Å². The van der Waals surface area contributed by atoms with Crippen LogP contribution in [0.3, 0.4) is 0 Å². The summed E-state index contributed by atoms with van der Waals surface area (Å²) < 4.78 is 0. The first-order chi connectivity index (χ1) is 6.25. The predicted molar refractivity (Wildman–Crippen MR) is 49.1 cm³/mol. The van der Waals surface area contributed by atoms with Crippen LogP contribution in [-0.2, 0) is 6.54 Å². The van der Waals surface area contributed by atoms with Crippen molar-refractivity contribution >= 4 is 0 Å². The Hall–Kier alpha value is -1.38. The van der Waals surface area contributed by atoms with Crippen LogP contribution < -0.4 is 0 Å². The van der Waals surface area contributed by atoms with Crippen molar-refractivity contribution in [3.63, 3.8) is 0 Å². The van der Waals surface area contributed by atoms with Crippen LogP contribution in [0.15, 0.2) is 24.3 Å². The third kappa shape index (κ3) is 2.05. The maximum atomic E-state index is 10.3. The summed E-state index contributed by atoms with van der Waals surface area (Å²) in [5, 5.41) is 10.3. The lowest BCUT2D eigenvalue weighted by atomic mass is 10.1. The molecule has 0 saturated heterocycles. The van der Waals surface area contributed by atoms with Gasteiger partial charge in [-0.05, 0) is 30.4 Å². The molecule has 0 amide bonds. The van der Waals surface area contributed by atoms with E-state index in [9.17, 15) is 10.1 Å². The molecule has 0 radical (unpaired) electrons. The fraction of sp³-hybridized carbons (Fsp3) is 0.400. The second-order valence-corrected chi connectivity index (χ2v) is 3.51. The summed E-state index contributed by atoms with van der Waals surface area (Å²) in [6, 6.07) is 7.74. The molecule has 1 aliphatic rings. The number of hydrogen-bond acceptors (Lipinski definition) is 2. The lowest BCUT2D eigenvalue weighted by Crippen LogP contribution is -1.98. The van der Waals surface area contributed by atoms with Crippen LogP contribution in [0.4, 0.5) is 0 Å². The Labute approximate surface area is 76.5 Å². The van der Waals surface area contributed by atoms with Gasteiger partial charge in [-0.2, -0.15) is 0 Å². The summed E-state index contributed by atoms with van der Waals surface area (Å²) >= 11 is 0. The summed E-state index contributed by atoms with van der Waals surface area (Å²) in [5.74, 6) is 0.673. The van der Waals surface area contributed by atoms with E-state index in [0.29, 0.717) is 5.92 Å². The van der Waals surface area contributed by atoms with Crippen LogP contribution in [0.2, 0.25) is 0 Å². The molecule has 1 fully saturated rings. The van der Waals surface area contributed by atoms with Gasteiger partial charge in [0.15, 0.2) is 0 Å². The number of benzene rings is 1. The van der Waals surface area contributed by atoms with Gasteiger partial charge in [0.2, 0.25) is 6.54 Å². The van der Waals surface area contributed by atoms with Gasteiger partial charge in [0.1, 0.15) is 0 Å². The number of hydrogen-bond donors (Lipinski definition) is 0. The van der Waals surface area contributed by atoms with Crippen LogP contribution in [0.1, 0.15) is 29.9 Å². The van der Waals surface area contributed by atoms with Gasteiger partial charge in [0, 0.05) is 10.5 Å². The topological polar surface area (TPSA) is 43.1 Å². The molecule has 1 saturated carbocycles. The molecule has 3 heteroatoms. The predicted octanol–water partition coefficient (Wildman–Crippen LogP) is 2.34. The fourth-order valence-corrected chi connectivity index (χ4v) is 1.51. The zero-order chi connectivity index (χ0) is 9.26. The summed E-state index contributed by atoms with van der Waals surface area (Å²) in [6.07, 6.45) is 2.48. The minimum atomic E-state index is -0.286. The molecule has 1 aromatic rings. The molecular weight excluding hydrogens is 166 g/mol. The van der Waals surface area contributed by atoms with Crippen molar-refractivity contribution in [2.75, 3.05) is 0 Å². The third-order valence-corrected chi connectivity index (χ3v) is 2.31. The minimum Gasteiger partial charge on any atom is -0.264 e. The SMILES string of the molecule is O=[N+]([O-])Cc1cccc(C2CC2)c1. The Bertz CT molecular complexity index is 331. The smallest absolute Gasteiger partial charge is 0.228 e. The third-order valence-electron chi connectivity index (χ3n) is 2.31. The highest BCUT2D eigenvalue weighted by atomic mass is 16.6. The Morgan fingerprint density at radius 1 is 1.46 bits per heavy atom. The van der Waals surface area contributed by atoms with Gasteiger partial charge in [-0.15, -0.1) is 0 Å². The molecule has 0 aliphatic heterocycles. The molecule has 0 spiro atoms. The largest absolute Gasteiger partial charge is 0.264 e. The van der Waals surface area contributed by atoms with Crippen LogP contribution in [0.5, 0.6) is 0 Å². The van der Waals surface area contributed by atoms with E-state index in [2.05, 4.69) is 6.07 Å². The first-order valence-electron chi connectivity index (χ1n) is 4.46. The van der Waals surface area contributed by atoms with Crippen LogP contribution >= 0.6 is 0 Å². The molecule has 0 bridgehead atoms. The lowest BCUT2D eigenvalue weighted by Gasteiger charge is -1.99. The maximum absolute atomic E-state index is 10.3. The number of nitro groups is 1. The van der Waals surface area contributed by atoms with E-state index in [-0.39, 0.29) is 11.5 Å². The zero-order valence-electron chi connectivity index (χ0n) is 7.27.